The number of H-pyrrole nitrogens is 1. The first-order chi connectivity index (χ1) is 8.61. The van der Waals surface area contributed by atoms with Crippen LogP contribution in [0.3, 0.4) is 0 Å². The largest absolute Gasteiger partial charge is 0.306 e. The third kappa shape index (κ3) is 2.34. The Balaban J connectivity index is 2.23. The number of benzene rings is 1. The molecule has 0 unspecified atom stereocenters. The lowest BCUT2D eigenvalue weighted by molar-refractivity contribution is 0.102. The predicted molar refractivity (Wildman–Crippen MR) is 67.4 cm³/mol. The first-order valence-electron chi connectivity index (χ1n) is 5.13. The van der Waals surface area contributed by atoms with Gasteiger partial charge in [-0.25, -0.2) is 0 Å². The number of carbonyl (C=O) groups excluding carboxylic acids is 1. The molecule has 90 valence electrons. The summed E-state index contributed by atoms with van der Waals surface area (Å²) in [6.45, 7) is 1.85. The third-order valence-corrected chi connectivity index (χ3v) is 2.84. The molecule has 0 aliphatic rings. The van der Waals surface area contributed by atoms with E-state index in [1.807, 2.05) is 13.0 Å². The molecule has 1 aromatic heterocycles. The highest BCUT2D eigenvalue weighted by Gasteiger charge is 2.11. The van der Waals surface area contributed by atoms with Crippen molar-refractivity contribution >= 4 is 23.3 Å². The smallest absolute Gasteiger partial charge is 0.256 e. The second kappa shape index (κ2) is 4.90. The molecule has 0 spiro atoms. The highest BCUT2D eigenvalue weighted by molar-refractivity contribution is 6.31. The Morgan fingerprint density at radius 3 is 3.00 bits per heavy atom. The Labute approximate surface area is 108 Å². The summed E-state index contributed by atoms with van der Waals surface area (Å²) in [7, 11) is 0. The number of aromatic nitrogens is 2. The number of hydrogen-bond acceptors (Lipinski definition) is 3. The summed E-state index contributed by atoms with van der Waals surface area (Å²) in [6, 6.07) is 6.92. The zero-order valence-electron chi connectivity index (χ0n) is 9.49. The predicted octanol–water partition coefficient (Wildman–Crippen LogP) is 2.50. The zero-order valence-corrected chi connectivity index (χ0v) is 10.2. The first-order valence-corrected chi connectivity index (χ1v) is 5.50. The van der Waals surface area contributed by atoms with Crippen LogP contribution in [-0.4, -0.2) is 16.1 Å². The molecule has 2 N–H and O–H groups in total. The Hall–Kier alpha value is -2.32. The molecular formula is C12H9ClN4O. The number of aromatic amines is 1. The van der Waals surface area contributed by atoms with Crippen molar-refractivity contribution in [2.24, 2.45) is 0 Å². The molecule has 0 fully saturated rings. The molecule has 18 heavy (non-hydrogen) atoms. The normalized spacial score (nSPS) is 9.83. The topological polar surface area (TPSA) is 81.6 Å². The van der Waals surface area contributed by atoms with Crippen LogP contribution in [-0.2, 0) is 0 Å². The fraction of sp³-hybridized carbons (Fsp3) is 0.0833. The third-order valence-electron chi connectivity index (χ3n) is 2.43. The van der Waals surface area contributed by atoms with Gasteiger partial charge >= 0.3 is 0 Å². The average Bonchev–Trinajstić information content (AvgIpc) is 2.79. The van der Waals surface area contributed by atoms with Gasteiger partial charge in [0, 0.05) is 10.6 Å². The fourth-order valence-electron chi connectivity index (χ4n) is 1.39. The van der Waals surface area contributed by atoms with E-state index in [-0.39, 0.29) is 17.3 Å². The molecule has 6 heteroatoms. The second-order valence-corrected chi connectivity index (χ2v) is 4.10. The van der Waals surface area contributed by atoms with Gasteiger partial charge in [-0.15, -0.1) is 0 Å². The number of aryl methyl sites for hydroxylation is 1. The lowest BCUT2D eigenvalue weighted by Gasteiger charge is -2.04. The van der Waals surface area contributed by atoms with E-state index >= 15 is 0 Å². The molecule has 0 bridgehead atoms. The molecule has 2 rings (SSSR count). The van der Waals surface area contributed by atoms with E-state index in [4.69, 9.17) is 16.9 Å². The fourth-order valence-corrected chi connectivity index (χ4v) is 1.57. The molecule has 0 saturated carbocycles. The van der Waals surface area contributed by atoms with Crippen LogP contribution in [0, 0.1) is 18.3 Å². The van der Waals surface area contributed by atoms with Crippen molar-refractivity contribution < 1.29 is 4.79 Å². The lowest BCUT2D eigenvalue weighted by Crippen LogP contribution is -2.13. The Bertz CT molecular complexity index is 642. The molecule has 0 aliphatic carbocycles. The summed E-state index contributed by atoms with van der Waals surface area (Å²) in [6.07, 6.45) is 1.34. The van der Waals surface area contributed by atoms with Gasteiger partial charge in [-0.2, -0.15) is 10.4 Å². The van der Waals surface area contributed by atoms with Crippen LogP contribution in [0.4, 0.5) is 5.82 Å². The van der Waals surface area contributed by atoms with E-state index in [2.05, 4.69) is 15.5 Å². The lowest BCUT2D eigenvalue weighted by atomic mass is 10.1. The maximum absolute atomic E-state index is 11.9. The van der Waals surface area contributed by atoms with Crippen molar-refractivity contribution in [2.45, 2.75) is 6.92 Å². The Kier molecular flexibility index (Phi) is 3.31. The van der Waals surface area contributed by atoms with Crippen LogP contribution >= 0.6 is 11.6 Å². The van der Waals surface area contributed by atoms with E-state index in [1.165, 1.54) is 6.20 Å². The van der Waals surface area contributed by atoms with E-state index in [0.29, 0.717) is 10.6 Å². The summed E-state index contributed by atoms with van der Waals surface area (Å²) in [4.78, 5) is 11.9. The number of nitriles is 1. The highest BCUT2D eigenvalue weighted by Crippen LogP contribution is 2.18. The zero-order chi connectivity index (χ0) is 13.1. The van der Waals surface area contributed by atoms with Gasteiger partial charge in [0.15, 0.2) is 0 Å². The van der Waals surface area contributed by atoms with Gasteiger partial charge in [0.25, 0.3) is 5.91 Å². The van der Waals surface area contributed by atoms with Gasteiger partial charge in [0.05, 0.1) is 6.20 Å². The number of anilines is 1. The van der Waals surface area contributed by atoms with Gasteiger partial charge in [-0.05, 0) is 24.6 Å². The minimum absolute atomic E-state index is 0.277. The van der Waals surface area contributed by atoms with E-state index < -0.39 is 0 Å². The molecule has 2 aromatic rings. The van der Waals surface area contributed by atoms with Gasteiger partial charge in [-0.1, -0.05) is 17.7 Å². The van der Waals surface area contributed by atoms with Gasteiger partial charge in [0.2, 0.25) is 0 Å². The van der Waals surface area contributed by atoms with E-state index in [1.54, 1.807) is 18.2 Å². The van der Waals surface area contributed by atoms with Crippen molar-refractivity contribution in [1.82, 2.24) is 10.2 Å². The quantitative estimate of drug-likeness (QED) is 0.870. The Morgan fingerprint density at radius 2 is 2.33 bits per heavy atom. The molecule has 1 aromatic carbocycles. The molecule has 0 aliphatic heterocycles. The number of nitrogens with one attached hydrogen (secondary N) is 2. The second-order valence-electron chi connectivity index (χ2n) is 3.69. The van der Waals surface area contributed by atoms with Crippen molar-refractivity contribution in [1.29, 1.82) is 5.26 Å². The molecule has 1 amide bonds. The molecule has 0 atom stereocenters. The maximum atomic E-state index is 11.9. The summed E-state index contributed by atoms with van der Waals surface area (Å²) in [5.41, 5.74) is 1.60. The van der Waals surface area contributed by atoms with Crippen molar-refractivity contribution in [3.63, 3.8) is 0 Å². The van der Waals surface area contributed by atoms with Crippen molar-refractivity contribution in [3.8, 4) is 6.07 Å². The highest BCUT2D eigenvalue weighted by atomic mass is 35.5. The van der Waals surface area contributed by atoms with Crippen LogP contribution in [0.15, 0.2) is 24.4 Å². The molecule has 1 heterocycles. The number of halogens is 1. The van der Waals surface area contributed by atoms with Crippen LogP contribution in [0.5, 0.6) is 0 Å². The molecule has 0 saturated heterocycles. The van der Waals surface area contributed by atoms with Crippen molar-refractivity contribution in [3.05, 3.63) is 46.1 Å². The molecular weight excluding hydrogens is 252 g/mol. The summed E-state index contributed by atoms with van der Waals surface area (Å²) in [5.74, 6) is -0.0724. The standard InChI is InChI=1S/C12H9ClN4O/c1-7-2-3-8(4-10(7)13)12(18)16-11-9(5-14)6-15-17-11/h2-4,6H,1H3,(H2,15,16,17,18). The summed E-state index contributed by atoms with van der Waals surface area (Å²) >= 11 is 5.95. The van der Waals surface area contributed by atoms with Crippen LogP contribution in [0.1, 0.15) is 21.5 Å². The van der Waals surface area contributed by atoms with Gasteiger partial charge in [-0.3, -0.25) is 9.89 Å². The first kappa shape index (κ1) is 12.1. The molecule has 0 radical (unpaired) electrons. The summed E-state index contributed by atoms with van der Waals surface area (Å²) in [5, 5.41) is 18.1. The number of rotatable bonds is 2. The summed E-state index contributed by atoms with van der Waals surface area (Å²) < 4.78 is 0. The SMILES string of the molecule is Cc1ccc(C(=O)Nc2[nH]ncc2C#N)cc1Cl. The van der Waals surface area contributed by atoms with Gasteiger partial charge < -0.3 is 5.32 Å². The Morgan fingerprint density at radius 1 is 1.56 bits per heavy atom. The van der Waals surface area contributed by atoms with Crippen LogP contribution in [0.2, 0.25) is 5.02 Å². The van der Waals surface area contributed by atoms with Crippen LogP contribution in [0.25, 0.3) is 0 Å². The van der Waals surface area contributed by atoms with Crippen molar-refractivity contribution in [2.75, 3.05) is 5.32 Å². The molecule has 5 nitrogen and oxygen atoms in total. The van der Waals surface area contributed by atoms with E-state index in [9.17, 15) is 4.79 Å². The minimum Gasteiger partial charge on any atom is -0.306 e. The van der Waals surface area contributed by atoms with E-state index in [0.717, 1.165) is 5.56 Å². The number of hydrogen-bond donors (Lipinski definition) is 2. The number of nitrogens with zero attached hydrogens (tertiary/aromatic N) is 2. The maximum Gasteiger partial charge on any atom is 0.256 e. The number of carbonyl (C=O) groups is 1. The minimum atomic E-state index is -0.349. The average molecular weight is 261 g/mol. The monoisotopic (exact) mass is 260 g/mol. The van der Waals surface area contributed by atoms with Crippen LogP contribution < -0.4 is 5.32 Å². The number of amides is 1. The van der Waals surface area contributed by atoms with Gasteiger partial charge in [0.1, 0.15) is 17.5 Å².